The van der Waals surface area contributed by atoms with Crippen molar-refractivity contribution in [3.05, 3.63) is 66.1 Å². The summed E-state index contributed by atoms with van der Waals surface area (Å²) in [6.07, 6.45) is 4.93. The second kappa shape index (κ2) is 7.08. The maximum atomic E-state index is 12.3. The highest BCUT2D eigenvalue weighted by atomic mass is 16.5. The first-order valence-electron chi connectivity index (χ1n) is 9.34. The number of carbonyl (C=O) groups is 1. The highest BCUT2D eigenvalue weighted by Gasteiger charge is 2.31. The standard InChI is InChI=1S/C23H23N3O2/c1-23(2)12-19-18(20(27)13-23)8-9-22(26-19)25-16-6-7-17(21(11-16)28-3)15-5-4-10-24-14-15/h4-11,14H,12-13H2,1-3H3,(H,25,26). The van der Waals surface area contributed by atoms with Crippen molar-refractivity contribution in [3.8, 4) is 16.9 Å². The Morgan fingerprint density at radius 3 is 2.64 bits per heavy atom. The first-order valence-corrected chi connectivity index (χ1v) is 9.34. The van der Waals surface area contributed by atoms with Gasteiger partial charge in [0.1, 0.15) is 11.6 Å². The molecule has 1 aromatic carbocycles. The van der Waals surface area contributed by atoms with Crippen LogP contribution in [-0.4, -0.2) is 22.9 Å². The Morgan fingerprint density at radius 2 is 1.89 bits per heavy atom. The number of pyridine rings is 2. The molecule has 0 spiro atoms. The molecule has 1 aliphatic rings. The lowest BCUT2D eigenvalue weighted by Gasteiger charge is -2.29. The van der Waals surface area contributed by atoms with Crippen molar-refractivity contribution in [2.24, 2.45) is 5.41 Å². The Kier molecular flexibility index (Phi) is 4.59. The number of nitrogens with zero attached hydrogens (tertiary/aromatic N) is 2. The topological polar surface area (TPSA) is 64.1 Å². The van der Waals surface area contributed by atoms with Crippen LogP contribution in [0.5, 0.6) is 5.75 Å². The molecule has 1 aliphatic carbocycles. The molecule has 2 heterocycles. The maximum absolute atomic E-state index is 12.3. The molecular weight excluding hydrogens is 350 g/mol. The van der Waals surface area contributed by atoms with E-state index in [0.717, 1.165) is 46.1 Å². The summed E-state index contributed by atoms with van der Waals surface area (Å²) in [5.74, 6) is 1.65. The molecule has 0 unspecified atom stereocenters. The molecular formula is C23H23N3O2. The molecule has 28 heavy (non-hydrogen) atoms. The van der Waals surface area contributed by atoms with Crippen LogP contribution in [0.1, 0.15) is 36.3 Å². The van der Waals surface area contributed by atoms with Crippen LogP contribution < -0.4 is 10.1 Å². The van der Waals surface area contributed by atoms with Crippen LogP contribution in [0.15, 0.2) is 54.9 Å². The highest BCUT2D eigenvalue weighted by Crippen LogP contribution is 2.36. The first-order chi connectivity index (χ1) is 13.4. The number of anilines is 2. The molecule has 0 atom stereocenters. The van der Waals surface area contributed by atoms with E-state index in [4.69, 9.17) is 9.72 Å². The van der Waals surface area contributed by atoms with Crippen molar-refractivity contribution in [1.82, 2.24) is 9.97 Å². The fourth-order valence-electron chi connectivity index (χ4n) is 3.68. The van der Waals surface area contributed by atoms with Crippen molar-refractivity contribution >= 4 is 17.3 Å². The summed E-state index contributed by atoms with van der Waals surface area (Å²) in [4.78, 5) is 21.2. The molecule has 0 saturated carbocycles. The number of ether oxygens (including phenoxy) is 1. The van der Waals surface area contributed by atoms with Crippen LogP contribution in [0.25, 0.3) is 11.1 Å². The summed E-state index contributed by atoms with van der Waals surface area (Å²) in [5.41, 5.74) is 4.41. The fourth-order valence-corrected chi connectivity index (χ4v) is 3.68. The summed E-state index contributed by atoms with van der Waals surface area (Å²) in [6, 6.07) is 13.6. The molecule has 0 saturated heterocycles. The van der Waals surface area contributed by atoms with E-state index < -0.39 is 0 Å². The largest absolute Gasteiger partial charge is 0.496 e. The summed E-state index contributed by atoms with van der Waals surface area (Å²) >= 11 is 0. The molecule has 5 nitrogen and oxygen atoms in total. The lowest BCUT2D eigenvalue weighted by molar-refractivity contribution is 0.0910. The van der Waals surface area contributed by atoms with Gasteiger partial charge in [0.05, 0.1) is 12.8 Å². The minimum Gasteiger partial charge on any atom is -0.496 e. The minimum atomic E-state index is -0.0513. The van der Waals surface area contributed by atoms with Crippen LogP contribution in [0, 0.1) is 5.41 Å². The van der Waals surface area contributed by atoms with Gasteiger partial charge in [0, 0.05) is 47.3 Å². The molecule has 0 bridgehead atoms. The smallest absolute Gasteiger partial charge is 0.165 e. The molecule has 1 N–H and O–H groups in total. The van der Waals surface area contributed by atoms with Gasteiger partial charge in [0.2, 0.25) is 0 Å². The van der Waals surface area contributed by atoms with Crippen molar-refractivity contribution < 1.29 is 9.53 Å². The van der Waals surface area contributed by atoms with E-state index in [0.29, 0.717) is 6.42 Å². The van der Waals surface area contributed by atoms with Crippen molar-refractivity contribution in [1.29, 1.82) is 0 Å². The average molecular weight is 373 g/mol. The molecule has 4 rings (SSSR count). The first kappa shape index (κ1) is 18.2. The number of aromatic nitrogens is 2. The van der Waals surface area contributed by atoms with Gasteiger partial charge in [-0.05, 0) is 42.2 Å². The lowest BCUT2D eigenvalue weighted by atomic mass is 9.76. The number of nitrogens with one attached hydrogen (secondary N) is 1. The number of rotatable bonds is 4. The van der Waals surface area contributed by atoms with Gasteiger partial charge < -0.3 is 10.1 Å². The van der Waals surface area contributed by atoms with E-state index in [1.165, 1.54) is 0 Å². The van der Waals surface area contributed by atoms with Crippen molar-refractivity contribution in [2.45, 2.75) is 26.7 Å². The van der Waals surface area contributed by atoms with Gasteiger partial charge in [-0.2, -0.15) is 0 Å². The summed E-state index contributed by atoms with van der Waals surface area (Å²) in [5, 5.41) is 3.33. The number of carbonyl (C=O) groups excluding carboxylic acids is 1. The molecule has 0 fully saturated rings. The summed E-state index contributed by atoms with van der Waals surface area (Å²) in [7, 11) is 1.66. The van der Waals surface area contributed by atoms with Gasteiger partial charge in [-0.1, -0.05) is 19.9 Å². The van der Waals surface area contributed by atoms with Gasteiger partial charge in [0.15, 0.2) is 5.78 Å². The lowest BCUT2D eigenvalue weighted by Crippen LogP contribution is -2.27. The SMILES string of the molecule is COc1cc(Nc2ccc3c(n2)CC(C)(C)CC3=O)ccc1-c1cccnc1. The molecule has 5 heteroatoms. The third kappa shape index (κ3) is 3.60. The number of methoxy groups -OCH3 is 1. The van der Waals surface area contributed by atoms with Gasteiger partial charge >= 0.3 is 0 Å². The third-order valence-electron chi connectivity index (χ3n) is 5.01. The second-order valence-electron chi connectivity index (χ2n) is 7.91. The fraction of sp³-hybridized carbons (Fsp3) is 0.261. The van der Waals surface area contributed by atoms with E-state index in [2.05, 4.69) is 24.1 Å². The molecule has 0 aliphatic heterocycles. The Morgan fingerprint density at radius 1 is 1.07 bits per heavy atom. The van der Waals surface area contributed by atoms with E-state index in [1.54, 1.807) is 13.3 Å². The molecule has 2 aromatic heterocycles. The maximum Gasteiger partial charge on any atom is 0.165 e. The number of hydrogen-bond acceptors (Lipinski definition) is 5. The normalized spacial score (nSPS) is 15.0. The molecule has 3 aromatic rings. The van der Waals surface area contributed by atoms with Crippen molar-refractivity contribution in [3.63, 3.8) is 0 Å². The molecule has 0 radical (unpaired) electrons. The Balaban J connectivity index is 1.62. The molecule has 0 amide bonds. The van der Waals surface area contributed by atoms with Crippen LogP contribution in [0.2, 0.25) is 0 Å². The Hall–Kier alpha value is -3.21. The Labute approximate surface area is 164 Å². The number of Topliss-reactive ketones (excluding diaryl/α,β-unsaturated/α-hetero) is 1. The number of hydrogen-bond donors (Lipinski definition) is 1. The monoisotopic (exact) mass is 373 g/mol. The third-order valence-corrected chi connectivity index (χ3v) is 5.01. The predicted octanol–water partition coefficient (Wildman–Crippen LogP) is 5.05. The summed E-state index contributed by atoms with van der Waals surface area (Å²) in [6.45, 7) is 4.22. The zero-order chi connectivity index (χ0) is 19.7. The number of benzene rings is 1. The summed E-state index contributed by atoms with van der Waals surface area (Å²) < 4.78 is 5.58. The van der Waals surface area contributed by atoms with E-state index in [9.17, 15) is 4.79 Å². The molecule has 142 valence electrons. The van der Waals surface area contributed by atoms with Crippen LogP contribution in [-0.2, 0) is 6.42 Å². The van der Waals surface area contributed by atoms with Crippen LogP contribution in [0.3, 0.4) is 0 Å². The van der Waals surface area contributed by atoms with Crippen LogP contribution in [0.4, 0.5) is 11.5 Å². The van der Waals surface area contributed by atoms with Gasteiger partial charge in [-0.3, -0.25) is 9.78 Å². The van der Waals surface area contributed by atoms with Gasteiger partial charge in [-0.15, -0.1) is 0 Å². The second-order valence-corrected chi connectivity index (χ2v) is 7.91. The zero-order valence-electron chi connectivity index (χ0n) is 16.3. The van der Waals surface area contributed by atoms with Gasteiger partial charge in [0.25, 0.3) is 0 Å². The van der Waals surface area contributed by atoms with Crippen LogP contribution >= 0.6 is 0 Å². The van der Waals surface area contributed by atoms with E-state index in [1.807, 2.05) is 48.7 Å². The quantitative estimate of drug-likeness (QED) is 0.693. The van der Waals surface area contributed by atoms with E-state index >= 15 is 0 Å². The van der Waals surface area contributed by atoms with E-state index in [-0.39, 0.29) is 11.2 Å². The number of ketones is 1. The predicted molar refractivity (Wildman–Crippen MR) is 110 cm³/mol. The average Bonchev–Trinajstić information content (AvgIpc) is 2.67. The van der Waals surface area contributed by atoms with Gasteiger partial charge in [-0.25, -0.2) is 4.98 Å². The number of fused-ring (bicyclic) bond motifs is 1. The highest BCUT2D eigenvalue weighted by molar-refractivity contribution is 5.98. The zero-order valence-corrected chi connectivity index (χ0v) is 16.3. The van der Waals surface area contributed by atoms with Crippen molar-refractivity contribution in [2.75, 3.05) is 12.4 Å². The Bertz CT molecular complexity index is 1030. The minimum absolute atomic E-state index is 0.0513.